The minimum absolute atomic E-state index is 0.551. The third kappa shape index (κ3) is 4.97. The van der Waals surface area contributed by atoms with Crippen molar-refractivity contribution in [3.8, 4) is 0 Å². The van der Waals surface area contributed by atoms with E-state index in [0.717, 1.165) is 13.2 Å². The van der Waals surface area contributed by atoms with Gasteiger partial charge in [0.2, 0.25) is 0 Å². The summed E-state index contributed by atoms with van der Waals surface area (Å²) < 4.78 is 5.71. The molecule has 0 bridgehead atoms. The average Bonchev–Trinajstić information content (AvgIpc) is 2.25. The summed E-state index contributed by atoms with van der Waals surface area (Å²) in [5, 5.41) is 3.52. The maximum Gasteiger partial charge on any atom is 0.0575 e. The van der Waals surface area contributed by atoms with Gasteiger partial charge in [0.1, 0.15) is 0 Å². The van der Waals surface area contributed by atoms with Crippen LogP contribution in [0.4, 0.5) is 0 Å². The van der Waals surface area contributed by atoms with E-state index in [-0.39, 0.29) is 0 Å². The predicted molar refractivity (Wildman–Crippen MR) is 60.6 cm³/mol. The van der Waals surface area contributed by atoms with Crippen LogP contribution < -0.4 is 5.32 Å². The first-order valence-electron chi connectivity index (χ1n) is 6.18. The van der Waals surface area contributed by atoms with E-state index in [4.69, 9.17) is 4.74 Å². The molecule has 0 radical (unpaired) electrons. The SMILES string of the molecule is CCCNC(C)CCC1CCCCO1. The van der Waals surface area contributed by atoms with Gasteiger partial charge >= 0.3 is 0 Å². The standard InChI is InChI=1S/C12H25NO/c1-3-9-13-11(2)7-8-12-6-4-5-10-14-12/h11-13H,3-10H2,1-2H3. The Kier molecular flexibility index (Phi) is 6.20. The van der Waals surface area contributed by atoms with Crippen LogP contribution >= 0.6 is 0 Å². The highest BCUT2D eigenvalue weighted by molar-refractivity contribution is 4.68. The molecule has 1 fully saturated rings. The molecular formula is C12H25NO. The highest BCUT2D eigenvalue weighted by atomic mass is 16.5. The van der Waals surface area contributed by atoms with Gasteiger partial charge in [-0.2, -0.15) is 0 Å². The van der Waals surface area contributed by atoms with E-state index in [1.807, 2.05) is 0 Å². The van der Waals surface area contributed by atoms with Gasteiger partial charge in [0.25, 0.3) is 0 Å². The van der Waals surface area contributed by atoms with Crippen molar-refractivity contribution in [2.24, 2.45) is 0 Å². The zero-order valence-corrected chi connectivity index (χ0v) is 9.72. The molecule has 14 heavy (non-hydrogen) atoms. The van der Waals surface area contributed by atoms with Crippen LogP contribution in [0.25, 0.3) is 0 Å². The Hall–Kier alpha value is -0.0800. The molecule has 1 aliphatic heterocycles. The summed E-state index contributed by atoms with van der Waals surface area (Å²) in [5.41, 5.74) is 0. The second-order valence-corrected chi connectivity index (χ2v) is 4.42. The normalized spacial score (nSPS) is 24.9. The quantitative estimate of drug-likeness (QED) is 0.710. The van der Waals surface area contributed by atoms with Crippen molar-refractivity contribution >= 4 is 0 Å². The summed E-state index contributed by atoms with van der Waals surface area (Å²) in [7, 11) is 0. The Morgan fingerprint density at radius 2 is 2.29 bits per heavy atom. The van der Waals surface area contributed by atoms with E-state index in [1.165, 1.54) is 38.5 Å². The number of nitrogens with one attached hydrogen (secondary N) is 1. The zero-order chi connectivity index (χ0) is 10.2. The minimum atomic E-state index is 0.551. The van der Waals surface area contributed by atoms with Crippen LogP contribution in [-0.2, 0) is 4.74 Å². The zero-order valence-electron chi connectivity index (χ0n) is 9.72. The van der Waals surface area contributed by atoms with E-state index in [2.05, 4.69) is 19.2 Å². The highest BCUT2D eigenvalue weighted by Crippen LogP contribution is 2.17. The Morgan fingerprint density at radius 3 is 2.93 bits per heavy atom. The van der Waals surface area contributed by atoms with Crippen LogP contribution in [0.5, 0.6) is 0 Å². The average molecular weight is 199 g/mol. The fourth-order valence-corrected chi connectivity index (χ4v) is 1.96. The maximum atomic E-state index is 5.71. The highest BCUT2D eigenvalue weighted by Gasteiger charge is 2.14. The van der Waals surface area contributed by atoms with E-state index < -0.39 is 0 Å². The molecule has 0 aliphatic carbocycles. The maximum absolute atomic E-state index is 5.71. The van der Waals surface area contributed by atoms with Crippen molar-refractivity contribution in [1.29, 1.82) is 0 Å². The van der Waals surface area contributed by atoms with Crippen molar-refractivity contribution in [2.75, 3.05) is 13.2 Å². The van der Waals surface area contributed by atoms with E-state index in [9.17, 15) is 0 Å². The molecule has 0 spiro atoms. The molecule has 1 N–H and O–H groups in total. The molecule has 0 amide bonds. The molecule has 0 aromatic rings. The van der Waals surface area contributed by atoms with Crippen molar-refractivity contribution in [3.63, 3.8) is 0 Å². The van der Waals surface area contributed by atoms with Crippen LogP contribution in [0, 0.1) is 0 Å². The van der Waals surface area contributed by atoms with Gasteiger partial charge in [-0.15, -0.1) is 0 Å². The van der Waals surface area contributed by atoms with Crippen molar-refractivity contribution in [3.05, 3.63) is 0 Å². The Bertz CT molecular complexity index is 132. The second-order valence-electron chi connectivity index (χ2n) is 4.42. The van der Waals surface area contributed by atoms with Crippen molar-refractivity contribution < 1.29 is 4.74 Å². The van der Waals surface area contributed by atoms with Crippen molar-refractivity contribution in [1.82, 2.24) is 5.32 Å². The lowest BCUT2D eigenvalue weighted by Gasteiger charge is -2.24. The summed E-state index contributed by atoms with van der Waals surface area (Å²) >= 11 is 0. The molecule has 2 nitrogen and oxygen atoms in total. The molecule has 0 aromatic heterocycles. The molecule has 1 heterocycles. The fraction of sp³-hybridized carbons (Fsp3) is 1.00. The van der Waals surface area contributed by atoms with E-state index in [0.29, 0.717) is 12.1 Å². The van der Waals surface area contributed by atoms with Gasteiger partial charge < -0.3 is 10.1 Å². The largest absolute Gasteiger partial charge is 0.378 e. The topological polar surface area (TPSA) is 21.3 Å². The number of rotatable bonds is 6. The van der Waals surface area contributed by atoms with Gasteiger partial charge in [-0.3, -0.25) is 0 Å². The first-order chi connectivity index (χ1) is 6.83. The summed E-state index contributed by atoms with van der Waals surface area (Å²) in [4.78, 5) is 0. The van der Waals surface area contributed by atoms with Crippen LogP contribution in [0.15, 0.2) is 0 Å². The molecule has 2 unspecified atom stereocenters. The van der Waals surface area contributed by atoms with Crippen LogP contribution in [0.2, 0.25) is 0 Å². The number of ether oxygens (including phenoxy) is 1. The summed E-state index contributed by atoms with van der Waals surface area (Å²) in [6.07, 6.45) is 8.17. The van der Waals surface area contributed by atoms with Gasteiger partial charge in [0.05, 0.1) is 6.10 Å². The van der Waals surface area contributed by atoms with Gasteiger partial charge in [0.15, 0.2) is 0 Å². The molecule has 1 saturated heterocycles. The van der Waals surface area contributed by atoms with Crippen LogP contribution in [0.1, 0.15) is 52.4 Å². The molecule has 2 heteroatoms. The third-order valence-electron chi connectivity index (χ3n) is 2.94. The first kappa shape index (κ1) is 12.0. The summed E-state index contributed by atoms with van der Waals surface area (Å²) in [5.74, 6) is 0. The Labute approximate surface area is 88.4 Å². The summed E-state index contributed by atoms with van der Waals surface area (Å²) in [6.45, 7) is 6.62. The molecule has 1 rings (SSSR count). The fourth-order valence-electron chi connectivity index (χ4n) is 1.96. The number of hydrogen-bond acceptors (Lipinski definition) is 2. The lowest BCUT2D eigenvalue weighted by atomic mass is 10.0. The van der Waals surface area contributed by atoms with Crippen molar-refractivity contribution in [2.45, 2.75) is 64.5 Å². The molecule has 0 saturated carbocycles. The molecule has 84 valence electrons. The van der Waals surface area contributed by atoms with E-state index >= 15 is 0 Å². The van der Waals surface area contributed by atoms with Gasteiger partial charge in [0, 0.05) is 12.6 Å². The molecule has 2 atom stereocenters. The lowest BCUT2D eigenvalue weighted by molar-refractivity contribution is 0.00886. The monoisotopic (exact) mass is 199 g/mol. The molecule has 1 aliphatic rings. The predicted octanol–water partition coefficient (Wildman–Crippen LogP) is 2.72. The van der Waals surface area contributed by atoms with E-state index in [1.54, 1.807) is 0 Å². The Balaban J connectivity index is 2.00. The van der Waals surface area contributed by atoms with Gasteiger partial charge in [-0.1, -0.05) is 6.92 Å². The second kappa shape index (κ2) is 7.24. The van der Waals surface area contributed by atoms with Gasteiger partial charge in [-0.25, -0.2) is 0 Å². The summed E-state index contributed by atoms with van der Waals surface area (Å²) in [6, 6.07) is 0.653. The molecule has 0 aromatic carbocycles. The lowest BCUT2D eigenvalue weighted by Crippen LogP contribution is -2.29. The van der Waals surface area contributed by atoms with Crippen LogP contribution in [-0.4, -0.2) is 25.3 Å². The third-order valence-corrected chi connectivity index (χ3v) is 2.94. The number of hydrogen-bond donors (Lipinski definition) is 1. The smallest absolute Gasteiger partial charge is 0.0575 e. The Morgan fingerprint density at radius 1 is 1.43 bits per heavy atom. The first-order valence-corrected chi connectivity index (χ1v) is 6.18. The van der Waals surface area contributed by atoms with Crippen LogP contribution in [0.3, 0.4) is 0 Å². The van der Waals surface area contributed by atoms with Gasteiger partial charge in [-0.05, 0) is 52.0 Å². The molecular weight excluding hydrogens is 174 g/mol. The minimum Gasteiger partial charge on any atom is -0.378 e.